The minimum atomic E-state index is -4.17. The quantitative estimate of drug-likeness (QED) is 0.272. The largest absolute Gasteiger partial charge is 0.275 e. The molecule has 2 aliphatic rings. The Morgan fingerprint density at radius 1 is 0.932 bits per heavy atom. The number of pyridine rings is 1. The number of rotatable bonds is 5. The minimum Gasteiger partial charge on any atom is -0.275 e. The van der Waals surface area contributed by atoms with Crippen molar-refractivity contribution in [2.45, 2.75) is 36.0 Å². The number of hydrogen-bond donors (Lipinski definition) is 0. The van der Waals surface area contributed by atoms with Crippen LogP contribution in [0.5, 0.6) is 0 Å². The van der Waals surface area contributed by atoms with Gasteiger partial charge in [-0.3, -0.25) is 19.0 Å². The number of carbonyl (C=O) groups is 1. The summed E-state index contributed by atoms with van der Waals surface area (Å²) in [6, 6.07) is 14.3. The van der Waals surface area contributed by atoms with Gasteiger partial charge in [-0.2, -0.15) is 15.3 Å². The van der Waals surface area contributed by atoms with E-state index in [1.54, 1.807) is 71.5 Å². The predicted molar refractivity (Wildman–Crippen MR) is 165 cm³/mol. The van der Waals surface area contributed by atoms with Crippen LogP contribution in [0.2, 0.25) is 0 Å². The molecule has 12 heteroatoms. The summed E-state index contributed by atoms with van der Waals surface area (Å²) in [5.41, 5.74) is 4.13. The van der Waals surface area contributed by atoms with Crippen LogP contribution in [0.25, 0.3) is 44.3 Å². The number of aromatic nitrogens is 6. The van der Waals surface area contributed by atoms with E-state index in [2.05, 4.69) is 10.2 Å². The molecule has 1 aliphatic heterocycles. The number of aryl methyl sites for hydroxylation is 2. The second-order valence-electron chi connectivity index (χ2n) is 11.5. The lowest BCUT2D eigenvalue weighted by molar-refractivity contribution is -0.128. The first kappa shape index (κ1) is 26.8. The average molecular weight is 608 g/mol. The van der Waals surface area contributed by atoms with Crippen LogP contribution in [-0.2, 0) is 39.2 Å². The molecule has 8 rings (SSSR count). The molecule has 0 unspecified atom stereocenters. The number of nitrogens with zero attached hydrogens (tertiary/aromatic N) is 7. The maximum atomic E-state index is 14.7. The van der Waals surface area contributed by atoms with E-state index >= 15 is 0 Å². The van der Waals surface area contributed by atoms with Crippen LogP contribution >= 0.6 is 0 Å². The second-order valence-corrected chi connectivity index (χ2v) is 13.3. The number of fused-ring (bicyclic) bond motifs is 5. The fourth-order valence-electron chi connectivity index (χ4n) is 7.22. The van der Waals surface area contributed by atoms with Gasteiger partial charge in [0.15, 0.2) is 5.65 Å². The fraction of sp³-hybridized carbons (Fsp3) is 0.250. The van der Waals surface area contributed by atoms with E-state index in [-0.39, 0.29) is 16.4 Å². The molecule has 0 bridgehead atoms. The molecule has 0 radical (unpaired) electrons. The molecule has 0 N–H and O–H groups in total. The minimum absolute atomic E-state index is 0.128. The van der Waals surface area contributed by atoms with Gasteiger partial charge in [-0.25, -0.2) is 17.4 Å². The molecule has 1 aliphatic carbocycles. The van der Waals surface area contributed by atoms with Crippen molar-refractivity contribution in [1.29, 1.82) is 0 Å². The SMILES string of the molecule is CON1C(=O)C2(CCCC2)c2c1cnc1c2c(-c2ccc3c(cnn3C)c2)c(-c2cnn(C)c2)n1S(=O)(=O)c1ccccc1. The maximum Gasteiger partial charge on any atom is 0.269 e. The van der Waals surface area contributed by atoms with Crippen molar-refractivity contribution in [3.8, 4) is 22.4 Å². The monoisotopic (exact) mass is 607 g/mol. The van der Waals surface area contributed by atoms with Crippen LogP contribution in [0.4, 0.5) is 5.69 Å². The topological polar surface area (TPSA) is 117 Å². The number of hydroxylamine groups is 1. The molecule has 1 fully saturated rings. The number of carbonyl (C=O) groups excluding carboxylic acids is 1. The average Bonchev–Trinajstić information content (AvgIpc) is 3.85. The van der Waals surface area contributed by atoms with Crippen LogP contribution in [0.15, 0.2) is 78.2 Å². The van der Waals surface area contributed by atoms with E-state index in [4.69, 9.17) is 9.82 Å². The molecule has 0 saturated heterocycles. The third-order valence-electron chi connectivity index (χ3n) is 9.15. The lowest BCUT2D eigenvalue weighted by atomic mass is 9.78. The smallest absolute Gasteiger partial charge is 0.269 e. The lowest BCUT2D eigenvalue weighted by Crippen LogP contribution is -2.37. The summed E-state index contributed by atoms with van der Waals surface area (Å²) in [6.07, 6.45) is 9.86. The van der Waals surface area contributed by atoms with Gasteiger partial charge in [0.05, 0.1) is 52.9 Å². The van der Waals surface area contributed by atoms with Gasteiger partial charge >= 0.3 is 0 Å². The van der Waals surface area contributed by atoms with Gasteiger partial charge in [0, 0.05) is 47.8 Å². The molecule has 1 spiro atoms. The van der Waals surface area contributed by atoms with Crippen LogP contribution in [-0.4, -0.2) is 50.0 Å². The summed E-state index contributed by atoms with van der Waals surface area (Å²) in [5, 5.41) is 11.7. The fourth-order valence-corrected chi connectivity index (χ4v) is 8.73. The molecule has 1 amide bonds. The Bertz CT molecular complexity index is 2240. The van der Waals surface area contributed by atoms with Gasteiger partial charge in [-0.15, -0.1) is 0 Å². The molecule has 5 heterocycles. The standard InChI is InChI=1S/C32H29N7O4S/c1-36-19-22(17-34-36)29-26(20-11-12-24-21(15-20)16-35-37(24)2)27-28-25(38(43-3)31(40)32(28)13-7-8-14-32)18-33-30(27)39(29)44(41,42)23-9-5-4-6-10-23/h4-6,9-12,15-19H,7-8,13-14H2,1-3H3. The van der Waals surface area contributed by atoms with E-state index in [1.165, 1.54) is 16.1 Å². The van der Waals surface area contributed by atoms with E-state index in [9.17, 15) is 13.2 Å². The number of anilines is 1. The summed E-state index contributed by atoms with van der Waals surface area (Å²) in [6.45, 7) is 0. The van der Waals surface area contributed by atoms with E-state index in [0.717, 1.165) is 34.9 Å². The molecule has 4 aromatic heterocycles. The summed E-state index contributed by atoms with van der Waals surface area (Å²) >= 11 is 0. The van der Waals surface area contributed by atoms with Gasteiger partial charge in [0.1, 0.15) is 0 Å². The highest BCUT2D eigenvalue weighted by Gasteiger charge is 2.55. The van der Waals surface area contributed by atoms with Crippen LogP contribution in [0.3, 0.4) is 0 Å². The third kappa shape index (κ3) is 3.49. The molecule has 11 nitrogen and oxygen atoms in total. The Kier molecular flexibility index (Phi) is 5.69. The Balaban J connectivity index is 1.60. The number of benzene rings is 2. The highest BCUT2D eigenvalue weighted by atomic mass is 32.2. The third-order valence-corrected chi connectivity index (χ3v) is 10.9. The zero-order valence-corrected chi connectivity index (χ0v) is 25.2. The Hall–Kier alpha value is -4.81. The zero-order valence-electron chi connectivity index (χ0n) is 24.4. The molecule has 0 atom stereocenters. The van der Waals surface area contributed by atoms with Gasteiger partial charge < -0.3 is 0 Å². The van der Waals surface area contributed by atoms with Crippen molar-refractivity contribution >= 4 is 43.6 Å². The van der Waals surface area contributed by atoms with Crippen LogP contribution < -0.4 is 5.06 Å². The Morgan fingerprint density at radius 2 is 1.70 bits per heavy atom. The molecular weight excluding hydrogens is 578 g/mol. The van der Waals surface area contributed by atoms with Crippen molar-refractivity contribution < 1.29 is 18.0 Å². The van der Waals surface area contributed by atoms with E-state index in [1.807, 2.05) is 25.2 Å². The summed E-state index contributed by atoms with van der Waals surface area (Å²) in [4.78, 5) is 24.7. The highest BCUT2D eigenvalue weighted by Crippen LogP contribution is 2.57. The van der Waals surface area contributed by atoms with Gasteiger partial charge in [0.2, 0.25) is 0 Å². The van der Waals surface area contributed by atoms with Crippen molar-refractivity contribution in [2.75, 3.05) is 12.2 Å². The van der Waals surface area contributed by atoms with Gasteiger partial charge in [-0.1, -0.05) is 37.1 Å². The summed E-state index contributed by atoms with van der Waals surface area (Å²) < 4.78 is 34.2. The first-order valence-corrected chi connectivity index (χ1v) is 15.9. The van der Waals surface area contributed by atoms with Crippen molar-refractivity contribution in [2.24, 2.45) is 14.1 Å². The van der Waals surface area contributed by atoms with E-state index < -0.39 is 15.4 Å². The number of amides is 1. The predicted octanol–water partition coefficient (Wildman–Crippen LogP) is 4.95. The highest BCUT2D eigenvalue weighted by molar-refractivity contribution is 7.90. The molecule has 44 heavy (non-hydrogen) atoms. The second kappa shape index (κ2) is 9.34. The molecule has 1 saturated carbocycles. The molecular formula is C32H29N7O4S. The van der Waals surface area contributed by atoms with Gasteiger partial charge in [-0.05, 0) is 42.7 Å². The Morgan fingerprint density at radius 3 is 2.41 bits per heavy atom. The van der Waals surface area contributed by atoms with E-state index in [0.29, 0.717) is 40.7 Å². The van der Waals surface area contributed by atoms with Gasteiger partial charge in [0.25, 0.3) is 15.9 Å². The first-order valence-electron chi connectivity index (χ1n) is 14.4. The maximum absolute atomic E-state index is 14.7. The lowest BCUT2D eigenvalue weighted by Gasteiger charge is -2.22. The first-order chi connectivity index (χ1) is 21.3. The van der Waals surface area contributed by atoms with Crippen LogP contribution in [0, 0.1) is 0 Å². The Labute approximate surface area is 253 Å². The summed E-state index contributed by atoms with van der Waals surface area (Å²) in [5.74, 6) is -0.142. The molecule has 6 aromatic rings. The number of hydrogen-bond acceptors (Lipinski definition) is 7. The van der Waals surface area contributed by atoms with Crippen molar-refractivity contribution in [3.63, 3.8) is 0 Å². The zero-order chi connectivity index (χ0) is 30.4. The summed E-state index contributed by atoms with van der Waals surface area (Å²) in [7, 11) is 0.976. The van der Waals surface area contributed by atoms with Crippen molar-refractivity contribution in [1.82, 2.24) is 28.5 Å². The van der Waals surface area contributed by atoms with Crippen molar-refractivity contribution in [3.05, 3.63) is 78.9 Å². The molecule has 222 valence electrons. The molecule has 2 aromatic carbocycles. The van der Waals surface area contributed by atoms with Crippen LogP contribution in [0.1, 0.15) is 31.2 Å². The normalized spacial score (nSPS) is 16.2.